The normalized spacial score (nSPS) is 13.6. The molecule has 17 heavy (non-hydrogen) atoms. The number of benzene rings is 1. The molecule has 88 valence electrons. The van der Waals surface area contributed by atoms with Gasteiger partial charge in [-0.25, -0.2) is 4.79 Å². The molecule has 1 aliphatic rings. The zero-order chi connectivity index (χ0) is 12.4. The molecule has 0 spiro atoms. The van der Waals surface area contributed by atoms with Crippen molar-refractivity contribution < 1.29 is 19.1 Å². The van der Waals surface area contributed by atoms with E-state index in [1.807, 2.05) is 0 Å². The van der Waals surface area contributed by atoms with Crippen molar-refractivity contribution in [1.29, 1.82) is 0 Å². The van der Waals surface area contributed by atoms with Crippen molar-refractivity contribution in [1.82, 2.24) is 0 Å². The number of carbonyl (C=O) groups is 3. The number of carbonyl (C=O) groups excluding carboxylic acids is 3. The molecule has 6 heteroatoms. The average Bonchev–Trinajstić information content (AvgIpc) is 2.36. The summed E-state index contributed by atoms with van der Waals surface area (Å²) in [6.45, 7) is 0. The van der Waals surface area contributed by atoms with E-state index in [2.05, 4.69) is 10.1 Å². The molecule has 0 fully saturated rings. The maximum Gasteiger partial charge on any atom is 0.379 e. The first kappa shape index (κ1) is 11.7. The zero-order valence-corrected chi connectivity index (χ0v) is 9.80. The van der Waals surface area contributed by atoms with Crippen molar-refractivity contribution in [3.63, 3.8) is 0 Å². The van der Waals surface area contributed by atoms with Gasteiger partial charge in [0.1, 0.15) is 0 Å². The number of thioether (sulfide) groups is 1. The lowest BCUT2D eigenvalue weighted by Crippen LogP contribution is -2.20. The van der Waals surface area contributed by atoms with E-state index in [9.17, 15) is 14.4 Å². The summed E-state index contributed by atoms with van der Waals surface area (Å²) in [4.78, 5) is 34.7. The first-order valence-electron chi connectivity index (χ1n) is 4.81. The Morgan fingerprint density at radius 1 is 1.41 bits per heavy atom. The minimum Gasteiger partial charge on any atom is -0.463 e. The van der Waals surface area contributed by atoms with Gasteiger partial charge in [-0.15, -0.1) is 11.8 Å². The van der Waals surface area contributed by atoms with E-state index < -0.39 is 11.8 Å². The summed E-state index contributed by atoms with van der Waals surface area (Å²) in [7, 11) is 1.15. The number of hydrogen-bond acceptors (Lipinski definition) is 5. The first-order chi connectivity index (χ1) is 8.11. The second-order valence-corrected chi connectivity index (χ2v) is 4.39. The van der Waals surface area contributed by atoms with Gasteiger partial charge in [0.2, 0.25) is 5.91 Å². The SMILES string of the molecule is COC(=O)C(=O)c1ccc2c(c1)NC(=O)CS2. The number of ether oxygens (including phenoxy) is 1. The number of anilines is 1. The maximum absolute atomic E-state index is 11.5. The van der Waals surface area contributed by atoms with Gasteiger partial charge in [0, 0.05) is 10.5 Å². The maximum atomic E-state index is 11.5. The summed E-state index contributed by atoms with van der Waals surface area (Å²) in [6.07, 6.45) is 0. The van der Waals surface area contributed by atoms with Crippen LogP contribution < -0.4 is 5.32 Å². The predicted molar refractivity (Wildman–Crippen MR) is 62.1 cm³/mol. The second kappa shape index (κ2) is 4.58. The van der Waals surface area contributed by atoms with Crippen molar-refractivity contribution >= 4 is 35.1 Å². The largest absolute Gasteiger partial charge is 0.463 e. The predicted octanol–water partition coefficient (Wildman–Crippen LogP) is 1.09. The zero-order valence-electron chi connectivity index (χ0n) is 8.98. The Bertz CT molecular complexity index is 512. The number of amides is 1. The highest BCUT2D eigenvalue weighted by molar-refractivity contribution is 8.00. The topological polar surface area (TPSA) is 72.5 Å². The van der Waals surface area contributed by atoms with Crippen molar-refractivity contribution in [3.05, 3.63) is 23.8 Å². The Balaban J connectivity index is 2.33. The van der Waals surface area contributed by atoms with Gasteiger partial charge in [-0.3, -0.25) is 9.59 Å². The summed E-state index contributed by atoms with van der Waals surface area (Å²) in [5, 5.41) is 2.65. The Morgan fingerprint density at radius 3 is 2.88 bits per heavy atom. The lowest BCUT2D eigenvalue weighted by atomic mass is 10.1. The van der Waals surface area contributed by atoms with E-state index in [1.54, 1.807) is 12.1 Å². The fourth-order valence-electron chi connectivity index (χ4n) is 1.43. The van der Waals surface area contributed by atoms with Crippen molar-refractivity contribution in [2.45, 2.75) is 4.90 Å². The van der Waals surface area contributed by atoms with Gasteiger partial charge in [-0.2, -0.15) is 0 Å². The molecule has 0 aromatic heterocycles. The third kappa shape index (κ3) is 2.31. The van der Waals surface area contributed by atoms with E-state index in [-0.39, 0.29) is 11.5 Å². The fourth-order valence-corrected chi connectivity index (χ4v) is 2.22. The molecular formula is C11H9NO4S. The highest BCUT2D eigenvalue weighted by atomic mass is 32.2. The number of esters is 1. The van der Waals surface area contributed by atoms with Crippen LogP contribution in [0, 0.1) is 0 Å². The molecule has 0 aliphatic carbocycles. The molecule has 0 bridgehead atoms. The molecule has 5 nitrogen and oxygen atoms in total. The van der Waals surface area contributed by atoms with Gasteiger partial charge in [0.15, 0.2) is 0 Å². The van der Waals surface area contributed by atoms with Gasteiger partial charge in [0.25, 0.3) is 5.78 Å². The molecule has 1 amide bonds. The molecule has 0 radical (unpaired) electrons. The molecule has 1 N–H and O–H groups in total. The van der Waals surface area contributed by atoms with E-state index in [4.69, 9.17) is 0 Å². The smallest absolute Gasteiger partial charge is 0.379 e. The Labute approximate surface area is 102 Å². The van der Waals surface area contributed by atoms with Gasteiger partial charge in [0.05, 0.1) is 18.6 Å². The number of nitrogens with one attached hydrogen (secondary N) is 1. The van der Waals surface area contributed by atoms with Crippen LogP contribution in [0.1, 0.15) is 10.4 Å². The lowest BCUT2D eigenvalue weighted by molar-refractivity contribution is -0.135. The van der Waals surface area contributed by atoms with Gasteiger partial charge >= 0.3 is 5.97 Å². The van der Waals surface area contributed by atoms with Gasteiger partial charge in [-0.1, -0.05) is 0 Å². The molecule has 2 rings (SSSR count). The van der Waals surface area contributed by atoms with Gasteiger partial charge in [-0.05, 0) is 18.2 Å². The number of Topliss-reactive ketones (excluding diaryl/α,β-unsaturated/α-hetero) is 1. The van der Waals surface area contributed by atoms with E-state index in [1.165, 1.54) is 17.8 Å². The molecular weight excluding hydrogens is 242 g/mol. The molecule has 1 aromatic carbocycles. The van der Waals surface area contributed by atoms with Crippen LogP contribution in [0.4, 0.5) is 5.69 Å². The standard InChI is InChI=1S/C11H9NO4S/c1-16-11(15)10(14)6-2-3-8-7(4-6)12-9(13)5-17-8/h2-4H,5H2,1H3,(H,12,13). The second-order valence-electron chi connectivity index (χ2n) is 3.37. The molecule has 0 saturated carbocycles. The summed E-state index contributed by atoms with van der Waals surface area (Å²) in [6, 6.07) is 4.73. The van der Waals surface area contributed by atoms with E-state index in [0.29, 0.717) is 11.4 Å². The summed E-state index contributed by atoms with van der Waals surface area (Å²) < 4.78 is 4.35. The van der Waals surface area contributed by atoms with Crippen molar-refractivity contribution in [2.24, 2.45) is 0 Å². The monoisotopic (exact) mass is 251 g/mol. The van der Waals surface area contributed by atoms with Crippen LogP contribution >= 0.6 is 11.8 Å². The van der Waals surface area contributed by atoms with E-state index in [0.717, 1.165) is 12.0 Å². The van der Waals surface area contributed by atoms with Crippen LogP contribution in [0.2, 0.25) is 0 Å². The number of fused-ring (bicyclic) bond motifs is 1. The molecule has 1 aromatic rings. The summed E-state index contributed by atoms with van der Waals surface area (Å²) in [5.41, 5.74) is 0.763. The lowest BCUT2D eigenvalue weighted by Gasteiger charge is -2.16. The highest BCUT2D eigenvalue weighted by Crippen LogP contribution is 2.32. The van der Waals surface area contributed by atoms with Crippen molar-refractivity contribution in [2.75, 3.05) is 18.2 Å². The number of methoxy groups -OCH3 is 1. The summed E-state index contributed by atoms with van der Waals surface area (Å²) >= 11 is 1.39. The van der Waals surface area contributed by atoms with Crippen LogP contribution in [0.25, 0.3) is 0 Å². The quantitative estimate of drug-likeness (QED) is 0.484. The minimum absolute atomic E-state index is 0.120. The number of rotatable bonds is 2. The first-order valence-corrected chi connectivity index (χ1v) is 5.79. The summed E-state index contributed by atoms with van der Waals surface area (Å²) in [5.74, 6) is -1.40. The molecule has 0 atom stereocenters. The number of ketones is 1. The van der Waals surface area contributed by atoms with Crippen LogP contribution in [0.15, 0.2) is 23.1 Å². The van der Waals surface area contributed by atoms with Crippen LogP contribution in [-0.2, 0) is 14.3 Å². The average molecular weight is 251 g/mol. The highest BCUT2D eigenvalue weighted by Gasteiger charge is 2.21. The molecule has 1 aliphatic heterocycles. The third-order valence-electron chi connectivity index (χ3n) is 2.25. The molecule has 1 heterocycles. The Morgan fingerprint density at radius 2 is 2.18 bits per heavy atom. The number of hydrogen-bond donors (Lipinski definition) is 1. The van der Waals surface area contributed by atoms with Crippen molar-refractivity contribution in [3.8, 4) is 0 Å². The van der Waals surface area contributed by atoms with Crippen LogP contribution in [0.5, 0.6) is 0 Å². The van der Waals surface area contributed by atoms with Crippen LogP contribution in [0.3, 0.4) is 0 Å². The molecule has 0 unspecified atom stereocenters. The van der Waals surface area contributed by atoms with Crippen LogP contribution in [-0.4, -0.2) is 30.5 Å². The van der Waals surface area contributed by atoms with E-state index >= 15 is 0 Å². The molecule has 0 saturated heterocycles. The van der Waals surface area contributed by atoms with Gasteiger partial charge < -0.3 is 10.1 Å². The Kier molecular flexibility index (Phi) is 3.14. The Hall–Kier alpha value is -1.82. The minimum atomic E-state index is -0.917. The fraction of sp³-hybridized carbons (Fsp3) is 0.182. The third-order valence-corrected chi connectivity index (χ3v) is 3.32.